The third kappa shape index (κ3) is 2.77. The largest absolute Gasteiger partial charge is 0.383 e. The van der Waals surface area contributed by atoms with Crippen LogP contribution in [0, 0.1) is 0 Å². The summed E-state index contributed by atoms with van der Waals surface area (Å²) in [4.78, 5) is 0. The Labute approximate surface area is 68.1 Å². The summed E-state index contributed by atoms with van der Waals surface area (Å²) in [6.45, 7) is 5.67. The van der Waals surface area contributed by atoms with Crippen molar-refractivity contribution in [2.45, 2.75) is 32.0 Å². The number of ether oxygens (including phenoxy) is 2. The van der Waals surface area contributed by atoms with Gasteiger partial charge in [0.1, 0.15) is 5.72 Å². The van der Waals surface area contributed by atoms with Gasteiger partial charge in [-0.3, -0.25) is 5.32 Å². The van der Waals surface area contributed by atoms with Gasteiger partial charge in [-0.25, -0.2) is 0 Å². The van der Waals surface area contributed by atoms with Gasteiger partial charge in [-0.15, -0.1) is 0 Å². The minimum Gasteiger partial charge on any atom is -0.383 e. The van der Waals surface area contributed by atoms with Crippen molar-refractivity contribution in [3.8, 4) is 0 Å². The van der Waals surface area contributed by atoms with Crippen molar-refractivity contribution in [2.75, 3.05) is 20.3 Å². The van der Waals surface area contributed by atoms with Crippen LogP contribution in [0.25, 0.3) is 0 Å². The maximum Gasteiger partial charge on any atom is 0.113 e. The molecule has 0 amide bonds. The maximum absolute atomic E-state index is 5.48. The van der Waals surface area contributed by atoms with Gasteiger partial charge in [0.05, 0.1) is 13.2 Å². The molecule has 1 saturated heterocycles. The molecule has 1 N–H and O–H groups in total. The van der Waals surface area contributed by atoms with E-state index in [0.717, 1.165) is 19.6 Å². The zero-order valence-corrected chi connectivity index (χ0v) is 7.52. The Hall–Kier alpha value is -0.120. The molecule has 0 saturated carbocycles. The van der Waals surface area contributed by atoms with E-state index in [0.29, 0.717) is 6.04 Å². The Morgan fingerprint density at radius 1 is 1.64 bits per heavy atom. The molecule has 0 bridgehead atoms. The Kier molecular flexibility index (Phi) is 2.87. The number of hydrogen-bond acceptors (Lipinski definition) is 3. The summed E-state index contributed by atoms with van der Waals surface area (Å²) in [6.07, 6.45) is 1.04. The van der Waals surface area contributed by atoms with Crippen molar-refractivity contribution in [2.24, 2.45) is 0 Å². The topological polar surface area (TPSA) is 30.5 Å². The van der Waals surface area contributed by atoms with Gasteiger partial charge in [-0.1, -0.05) is 0 Å². The molecule has 1 rings (SSSR count). The molecule has 1 aliphatic heterocycles. The van der Waals surface area contributed by atoms with Crippen molar-refractivity contribution in [3.63, 3.8) is 0 Å². The molecule has 1 unspecified atom stereocenters. The lowest BCUT2D eigenvalue weighted by molar-refractivity contribution is -0.0926. The van der Waals surface area contributed by atoms with Gasteiger partial charge < -0.3 is 9.47 Å². The van der Waals surface area contributed by atoms with E-state index in [-0.39, 0.29) is 5.72 Å². The zero-order valence-electron chi connectivity index (χ0n) is 7.52. The van der Waals surface area contributed by atoms with E-state index in [2.05, 4.69) is 5.32 Å². The minimum atomic E-state index is -0.179. The Morgan fingerprint density at radius 2 is 2.36 bits per heavy atom. The first-order chi connectivity index (χ1) is 5.14. The normalized spacial score (nSPS) is 30.3. The summed E-state index contributed by atoms with van der Waals surface area (Å²) >= 11 is 0. The van der Waals surface area contributed by atoms with E-state index in [1.807, 2.05) is 13.8 Å². The summed E-state index contributed by atoms with van der Waals surface area (Å²) in [5.74, 6) is 0. The second-order valence-corrected chi connectivity index (χ2v) is 3.44. The Morgan fingerprint density at radius 3 is 2.91 bits per heavy atom. The summed E-state index contributed by atoms with van der Waals surface area (Å²) in [5.41, 5.74) is -0.179. The van der Waals surface area contributed by atoms with Crippen LogP contribution in [0.15, 0.2) is 0 Å². The lowest BCUT2D eigenvalue weighted by Crippen LogP contribution is -2.54. The van der Waals surface area contributed by atoms with Crippen LogP contribution in [0.4, 0.5) is 0 Å². The highest BCUT2D eigenvalue weighted by atomic mass is 16.5. The molecule has 0 aromatic rings. The summed E-state index contributed by atoms with van der Waals surface area (Å²) < 4.78 is 10.5. The van der Waals surface area contributed by atoms with Gasteiger partial charge in [0.15, 0.2) is 0 Å². The highest BCUT2D eigenvalue weighted by Crippen LogP contribution is 2.14. The van der Waals surface area contributed by atoms with Crippen molar-refractivity contribution < 1.29 is 9.47 Å². The lowest BCUT2D eigenvalue weighted by atomic mass is 10.1. The highest BCUT2D eigenvalue weighted by Gasteiger charge is 2.27. The van der Waals surface area contributed by atoms with Crippen molar-refractivity contribution in [1.82, 2.24) is 5.32 Å². The van der Waals surface area contributed by atoms with Gasteiger partial charge in [0.25, 0.3) is 0 Å². The fourth-order valence-corrected chi connectivity index (χ4v) is 1.39. The van der Waals surface area contributed by atoms with Crippen molar-refractivity contribution >= 4 is 0 Å². The second-order valence-electron chi connectivity index (χ2n) is 3.44. The SMILES string of the molecule is COCC1CCOC(C)(C)N1. The number of hydrogen-bond donors (Lipinski definition) is 1. The first kappa shape index (κ1) is 8.97. The van der Waals surface area contributed by atoms with E-state index in [1.165, 1.54) is 0 Å². The van der Waals surface area contributed by atoms with Crippen molar-refractivity contribution in [3.05, 3.63) is 0 Å². The van der Waals surface area contributed by atoms with Gasteiger partial charge in [-0.2, -0.15) is 0 Å². The Balaban J connectivity index is 2.34. The molecule has 0 aromatic carbocycles. The fourth-order valence-electron chi connectivity index (χ4n) is 1.39. The van der Waals surface area contributed by atoms with E-state index < -0.39 is 0 Å². The minimum absolute atomic E-state index is 0.179. The molecule has 1 heterocycles. The maximum atomic E-state index is 5.48. The van der Waals surface area contributed by atoms with Crippen LogP contribution in [0.2, 0.25) is 0 Å². The summed E-state index contributed by atoms with van der Waals surface area (Å²) in [7, 11) is 1.73. The van der Waals surface area contributed by atoms with E-state index >= 15 is 0 Å². The van der Waals surface area contributed by atoms with Gasteiger partial charge in [0, 0.05) is 13.2 Å². The molecule has 11 heavy (non-hydrogen) atoms. The van der Waals surface area contributed by atoms with Crippen LogP contribution in [-0.4, -0.2) is 32.1 Å². The predicted molar refractivity (Wildman–Crippen MR) is 43.4 cm³/mol. The first-order valence-corrected chi connectivity index (χ1v) is 4.04. The van der Waals surface area contributed by atoms with E-state index in [4.69, 9.17) is 9.47 Å². The molecular formula is C8H17NO2. The molecular weight excluding hydrogens is 142 g/mol. The first-order valence-electron chi connectivity index (χ1n) is 4.04. The predicted octanol–water partition coefficient (Wildman–Crippen LogP) is 0.747. The van der Waals surface area contributed by atoms with Crippen molar-refractivity contribution in [1.29, 1.82) is 0 Å². The number of methoxy groups -OCH3 is 1. The lowest BCUT2D eigenvalue weighted by Gasteiger charge is -2.36. The zero-order chi connectivity index (χ0) is 8.32. The van der Waals surface area contributed by atoms with Crippen LogP contribution in [0.3, 0.4) is 0 Å². The molecule has 1 aliphatic rings. The summed E-state index contributed by atoms with van der Waals surface area (Å²) in [6, 6.07) is 0.448. The second kappa shape index (κ2) is 3.52. The molecule has 0 radical (unpaired) electrons. The molecule has 1 atom stereocenters. The van der Waals surface area contributed by atoms with Crippen LogP contribution >= 0.6 is 0 Å². The van der Waals surface area contributed by atoms with E-state index in [1.54, 1.807) is 7.11 Å². The van der Waals surface area contributed by atoms with E-state index in [9.17, 15) is 0 Å². The molecule has 0 aliphatic carbocycles. The molecule has 3 heteroatoms. The number of rotatable bonds is 2. The van der Waals surface area contributed by atoms with Gasteiger partial charge in [-0.05, 0) is 20.3 Å². The number of nitrogens with one attached hydrogen (secondary N) is 1. The monoisotopic (exact) mass is 159 g/mol. The fraction of sp³-hybridized carbons (Fsp3) is 1.00. The molecule has 0 spiro atoms. The smallest absolute Gasteiger partial charge is 0.113 e. The highest BCUT2D eigenvalue weighted by molar-refractivity contribution is 4.78. The van der Waals surface area contributed by atoms with Crippen LogP contribution < -0.4 is 5.32 Å². The average Bonchev–Trinajstić information content (AvgIpc) is 1.85. The molecule has 0 aromatic heterocycles. The molecule has 1 fully saturated rings. The van der Waals surface area contributed by atoms with Crippen LogP contribution in [0.5, 0.6) is 0 Å². The molecule has 66 valence electrons. The third-order valence-corrected chi connectivity index (χ3v) is 1.85. The molecule has 3 nitrogen and oxygen atoms in total. The third-order valence-electron chi connectivity index (χ3n) is 1.85. The quantitative estimate of drug-likeness (QED) is 0.645. The van der Waals surface area contributed by atoms with Crippen LogP contribution in [-0.2, 0) is 9.47 Å². The summed E-state index contributed by atoms with van der Waals surface area (Å²) in [5, 5.41) is 3.35. The van der Waals surface area contributed by atoms with Gasteiger partial charge in [0.2, 0.25) is 0 Å². The van der Waals surface area contributed by atoms with Crippen LogP contribution in [0.1, 0.15) is 20.3 Å². The van der Waals surface area contributed by atoms with Gasteiger partial charge >= 0.3 is 0 Å². The average molecular weight is 159 g/mol. The standard InChI is InChI=1S/C8H17NO2/c1-8(2)9-7(6-10-3)4-5-11-8/h7,9H,4-6H2,1-3H3. The Bertz CT molecular complexity index is 123.